The molecular formula is C14H23N3O2. The van der Waals surface area contributed by atoms with E-state index in [1.807, 2.05) is 13.8 Å². The van der Waals surface area contributed by atoms with E-state index in [1.54, 1.807) is 0 Å². The molecule has 3 N–H and O–H groups in total. The monoisotopic (exact) mass is 265 g/mol. The Balaban J connectivity index is 2.00. The number of rotatable bonds is 4. The molecule has 1 saturated carbocycles. The van der Waals surface area contributed by atoms with Gasteiger partial charge in [0.2, 0.25) is 5.91 Å². The zero-order chi connectivity index (χ0) is 13.9. The molecule has 1 aliphatic rings. The smallest absolute Gasteiger partial charge is 0.225 e. The van der Waals surface area contributed by atoms with Gasteiger partial charge in [0.1, 0.15) is 0 Å². The highest BCUT2D eigenvalue weighted by atomic mass is 16.3. The fraction of sp³-hybridized carbons (Fsp3) is 0.714. The van der Waals surface area contributed by atoms with Crippen LogP contribution in [0.1, 0.15) is 49.1 Å². The largest absolute Gasteiger partial charge is 0.394 e. The van der Waals surface area contributed by atoms with E-state index in [4.69, 9.17) is 0 Å². The number of nitrogens with one attached hydrogen (secondary N) is 2. The quantitative estimate of drug-likeness (QED) is 0.769. The van der Waals surface area contributed by atoms with Crippen LogP contribution in [0.2, 0.25) is 0 Å². The molecule has 0 spiro atoms. The number of hydrogen-bond acceptors (Lipinski definition) is 3. The van der Waals surface area contributed by atoms with Crippen molar-refractivity contribution in [3.8, 4) is 0 Å². The zero-order valence-electron chi connectivity index (χ0n) is 11.8. The van der Waals surface area contributed by atoms with Gasteiger partial charge in [-0.3, -0.25) is 9.89 Å². The summed E-state index contributed by atoms with van der Waals surface area (Å²) in [6, 6.07) is 0. The molecule has 1 heterocycles. The number of nitrogens with zero attached hydrogens (tertiary/aromatic N) is 1. The Hall–Kier alpha value is -1.36. The van der Waals surface area contributed by atoms with Crippen LogP contribution in [0.15, 0.2) is 0 Å². The van der Waals surface area contributed by atoms with E-state index in [0.29, 0.717) is 6.42 Å². The van der Waals surface area contributed by atoms with E-state index in [2.05, 4.69) is 15.5 Å². The summed E-state index contributed by atoms with van der Waals surface area (Å²) in [4.78, 5) is 12.2. The van der Waals surface area contributed by atoms with Gasteiger partial charge in [0.05, 0.1) is 24.3 Å². The maximum atomic E-state index is 12.2. The summed E-state index contributed by atoms with van der Waals surface area (Å²) in [5.41, 5.74) is 2.37. The van der Waals surface area contributed by atoms with Crippen molar-refractivity contribution in [3.63, 3.8) is 0 Å². The van der Waals surface area contributed by atoms with E-state index < -0.39 is 5.54 Å². The van der Waals surface area contributed by atoms with Crippen molar-refractivity contribution in [3.05, 3.63) is 17.0 Å². The molecular weight excluding hydrogens is 242 g/mol. The molecule has 19 heavy (non-hydrogen) atoms. The van der Waals surface area contributed by atoms with Crippen LogP contribution in [0.4, 0.5) is 0 Å². The third kappa shape index (κ3) is 3.15. The van der Waals surface area contributed by atoms with Gasteiger partial charge in [0, 0.05) is 11.3 Å². The highest BCUT2D eigenvalue weighted by Gasteiger charge is 2.32. The third-order valence-electron chi connectivity index (χ3n) is 4.14. The first-order chi connectivity index (χ1) is 9.06. The molecule has 0 aliphatic heterocycles. The molecule has 106 valence electrons. The molecule has 2 rings (SSSR count). The highest BCUT2D eigenvalue weighted by molar-refractivity contribution is 5.79. The zero-order valence-corrected chi connectivity index (χ0v) is 11.8. The molecule has 0 bridgehead atoms. The molecule has 5 heteroatoms. The molecule has 1 aromatic rings. The summed E-state index contributed by atoms with van der Waals surface area (Å²) in [7, 11) is 0. The van der Waals surface area contributed by atoms with Crippen LogP contribution in [-0.4, -0.2) is 33.4 Å². The first-order valence-corrected chi connectivity index (χ1v) is 6.99. The summed E-state index contributed by atoms with van der Waals surface area (Å²) < 4.78 is 0. The number of carbonyl (C=O) groups is 1. The standard InChI is InChI=1S/C14H23N3O2/c1-10-12(11(2)17-16-10)8-13(19)15-14(9-18)6-4-3-5-7-14/h18H,3-9H2,1-2H3,(H,15,19)(H,16,17). The number of hydrogen-bond donors (Lipinski definition) is 3. The van der Waals surface area contributed by atoms with Gasteiger partial charge >= 0.3 is 0 Å². The number of amides is 1. The van der Waals surface area contributed by atoms with Crippen LogP contribution in [-0.2, 0) is 11.2 Å². The molecule has 0 atom stereocenters. The van der Waals surface area contributed by atoms with Crippen LogP contribution in [0, 0.1) is 13.8 Å². The average molecular weight is 265 g/mol. The lowest BCUT2D eigenvalue weighted by molar-refractivity contribution is -0.123. The number of aromatic nitrogens is 2. The van der Waals surface area contributed by atoms with Crippen LogP contribution < -0.4 is 5.32 Å². The predicted molar refractivity (Wildman–Crippen MR) is 72.8 cm³/mol. The van der Waals surface area contributed by atoms with Crippen LogP contribution in [0.5, 0.6) is 0 Å². The van der Waals surface area contributed by atoms with E-state index in [9.17, 15) is 9.90 Å². The number of carbonyl (C=O) groups excluding carboxylic acids is 1. The second kappa shape index (κ2) is 5.74. The maximum Gasteiger partial charge on any atom is 0.225 e. The molecule has 0 aromatic carbocycles. The fourth-order valence-electron chi connectivity index (χ4n) is 2.89. The molecule has 1 fully saturated rings. The number of aryl methyl sites for hydroxylation is 2. The van der Waals surface area contributed by atoms with E-state index in [-0.39, 0.29) is 12.5 Å². The predicted octanol–water partition coefficient (Wildman–Crippen LogP) is 1.38. The maximum absolute atomic E-state index is 12.2. The van der Waals surface area contributed by atoms with E-state index >= 15 is 0 Å². The molecule has 1 amide bonds. The van der Waals surface area contributed by atoms with Crippen molar-refractivity contribution in [1.82, 2.24) is 15.5 Å². The first-order valence-electron chi connectivity index (χ1n) is 6.99. The highest BCUT2D eigenvalue weighted by Crippen LogP contribution is 2.27. The molecule has 0 radical (unpaired) electrons. The Morgan fingerprint density at radius 2 is 2.05 bits per heavy atom. The minimum Gasteiger partial charge on any atom is -0.394 e. The minimum atomic E-state index is -0.402. The first kappa shape index (κ1) is 14.1. The van der Waals surface area contributed by atoms with Crippen LogP contribution >= 0.6 is 0 Å². The van der Waals surface area contributed by atoms with Crippen molar-refractivity contribution >= 4 is 5.91 Å². The van der Waals surface area contributed by atoms with Crippen molar-refractivity contribution in [2.75, 3.05) is 6.61 Å². The Bertz CT molecular complexity index is 428. The summed E-state index contributed by atoms with van der Waals surface area (Å²) in [5, 5.41) is 19.6. The topological polar surface area (TPSA) is 78.0 Å². The fourth-order valence-corrected chi connectivity index (χ4v) is 2.89. The van der Waals surface area contributed by atoms with Crippen molar-refractivity contribution in [2.45, 2.75) is 57.9 Å². The average Bonchev–Trinajstić information content (AvgIpc) is 2.71. The lowest BCUT2D eigenvalue weighted by Crippen LogP contribution is -2.53. The Kier molecular flexibility index (Phi) is 4.24. The van der Waals surface area contributed by atoms with Crippen molar-refractivity contribution < 1.29 is 9.90 Å². The Morgan fingerprint density at radius 3 is 2.58 bits per heavy atom. The number of aromatic amines is 1. The SMILES string of the molecule is Cc1n[nH]c(C)c1CC(=O)NC1(CO)CCCCC1. The number of H-pyrrole nitrogens is 1. The Labute approximate surface area is 113 Å². The van der Waals surface area contributed by atoms with Gasteiger partial charge in [-0.2, -0.15) is 5.10 Å². The normalized spacial score (nSPS) is 18.3. The third-order valence-corrected chi connectivity index (χ3v) is 4.14. The summed E-state index contributed by atoms with van der Waals surface area (Å²) in [6.07, 6.45) is 5.42. The van der Waals surface area contributed by atoms with Gasteiger partial charge in [0.25, 0.3) is 0 Å². The van der Waals surface area contributed by atoms with Gasteiger partial charge in [0.15, 0.2) is 0 Å². The van der Waals surface area contributed by atoms with Gasteiger partial charge in [-0.1, -0.05) is 19.3 Å². The van der Waals surface area contributed by atoms with Crippen LogP contribution in [0.3, 0.4) is 0 Å². The van der Waals surface area contributed by atoms with E-state index in [1.165, 1.54) is 6.42 Å². The second-order valence-electron chi connectivity index (χ2n) is 5.64. The lowest BCUT2D eigenvalue weighted by atomic mass is 9.82. The molecule has 1 aliphatic carbocycles. The summed E-state index contributed by atoms with van der Waals surface area (Å²) in [5.74, 6) is -0.0245. The van der Waals surface area contributed by atoms with Crippen molar-refractivity contribution in [1.29, 1.82) is 0 Å². The number of aliphatic hydroxyl groups is 1. The van der Waals surface area contributed by atoms with Gasteiger partial charge in [-0.15, -0.1) is 0 Å². The van der Waals surface area contributed by atoms with Gasteiger partial charge in [-0.25, -0.2) is 0 Å². The molecule has 0 saturated heterocycles. The summed E-state index contributed by atoms with van der Waals surface area (Å²) >= 11 is 0. The Morgan fingerprint density at radius 1 is 1.37 bits per heavy atom. The molecule has 0 unspecified atom stereocenters. The summed E-state index contributed by atoms with van der Waals surface area (Å²) in [6.45, 7) is 3.85. The number of aliphatic hydroxyl groups excluding tert-OH is 1. The van der Waals surface area contributed by atoms with Gasteiger partial charge < -0.3 is 10.4 Å². The lowest BCUT2D eigenvalue weighted by Gasteiger charge is -2.36. The van der Waals surface area contributed by atoms with Crippen LogP contribution in [0.25, 0.3) is 0 Å². The molecule has 1 aromatic heterocycles. The molecule has 5 nitrogen and oxygen atoms in total. The van der Waals surface area contributed by atoms with E-state index in [0.717, 1.165) is 42.6 Å². The minimum absolute atomic E-state index is 0.0245. The second-order valence-corrected chi connectivity index (χ2v) is 5.64. The van der Waals surface area contributed by atoms with Gasteiger partial charge in [-0.05, 0) is 26.7 Å². The van der Waals surface area contributed by atoms with Crippen molar-refractivity contribution in [2.24, 2.45) is 0 Å².